The molecule has 9 rings (SSSR count). The maximum atomic E-state index is 12.6. The van der Waals surface area contributed by atoms with Gasteiger partial charge < -0.3 is 9.80 Å². The van der Waals surface area contributed by atoms with Gasteiger partial charge in [-0.15, -0.1) is 0 Å². The predicted molar refractivity (Wildman–Crippen MR) is 264 cm³/mol. The van der Waals surface area contributed by atoms with Crippen LogP contribution in [0.3, 0.4) is 0 Å². The normalized spacial score (nSPS) is 25.6. The zero-order valence-corrected chi connectivity index (χ0v) is 42.3. The third kappa shape index (κ3) is 12.8. The van der Waals surface area contributed by atoms with Gasteiger partial charge in [-0.25, -0.2) is 9.97 Å². The highest BCUT2D eigenvalue weighted by Gasteiger charge is 2.45. The van der Waals surface area contributed by atoms with Crippen molar-refractivity contribution in [1.29, 1.82) is 0 Å². The summed E-state index contributed by atoms with van der Waals surface area (Å²) in [4.78, 5) is 28.7. The molecule has 3 aromatic rings. The van der Waals surface area contributed by atoms with E-state index in [0.717, 1.165) is 57.3 Å². The van der Waals surface area contributed by atoms with Crippen molar-refractivity contribution in [3.8, 4) is 0 Å². The van der Waals surface area contributed by atoms with E-state index in [1.807, 2.05) is 23.5 Å². The molecule has 5 aliphatic heterocycles. The molecule has 0 atom stereocenters. The van der Waals surface area contributed by atoms with E-state index in [1.165, 1.54) is 121 Å². The molecule has 1 aliphatic carbocycles. The van der Waals surface area contributed by atoms with Crippen LogP contribution in [0.1, 0.15) is 163 Å². The minimum Gasteiger partial charge on any atom is -0.371 e. The first-order valence-corrected chi connectivity index (χ1v) is 25.5. The lowest BCUT2D eigenvalue weighted by atomic mass is 9.68. The quantitative estimate of drug-likeness (QED) is 0.256. The lowest BCUT2D eigenvalue weighted by Gasteiger charge is -2.43. The van der Waals surface area contributed by atoms with Crippen LogP contribution >= 0.6 is 0 Å². The summed E-state index contributed by atoms with van der Waals surface area (Å²) in [6.45, 7) is 32.3. The van der Waals surface area contributed by atoms with Crippen LogP contribution in [0.5, 0.6) is 0 Å². The minimum atomic E-state index is -4.38. The summed E-state index contributed by atoms with van der Waals surface area (Å²) in [6, 6.07) is 8.63. The highest BCUT2D eigenvalue weighted by Crippen LogP contribution is 2.49. The van der Waals surface area contributed by atoms with Crippen molar-refractivity contribution in [2.75, 3.05) is 75.2 Å². The molecule has 0 bridgehead atoms. The van der Waals surface area contributed by atoms with Crippen molar-refractivity contribution < 1.29 is 13.2 Å². The van der Waals surface area contributed by atoms with Crippen LogP contribution in [0.2, 0.25) is 0 Å². The lowest BCUT2D eigenvalue weighted by Crippen LogP contribution is -2.45. The van der Waals surface area contributed by atoms with Gasteiger partial charge in [-0.2, -0.15) is 13.2 Å². The summed E-state index contributed by atoms with van der Waals surface area (Å²) in [5.74, 6) is 1.15. The average Bonchev–Trinajstić information content (AvgIpc) is 3.85. The van der Waals surface area contributed by atoms with Gasteiger partial charge in [0.1, 0.15) is 0 Å². The second-order valence-corrected chi connectivity index (χ2v) is 24.2. The monoisotopic (exact) mass is 916 g/mol. The van der Waals surface area contributed by atoms with Gasteiger partial charge in [0.15, 0.2) is 0 Å². The van der Waals surface area contributed by atoms with E-state index in [-0.39, 0.29) is 5.54 Å². The molecule has 0 radical (unpaired) electrons. The van der Waals surface area contributed by atoms with Crippen molar-refractivity contribution in [1.82, 2.24) is 34.6 Å². The van der Waals surface area contributed by atoms with E-state index in [1.54, 1.807) is 0 Å². The molecule has 12 heteroatoms. The number of alkyl halides is 3. The molecular formula is C54H84F3N9. The second kappa shape index (κ2) is 20.3. The number of rotatable bonds is 3. The van der Waals surface area contributed by atoms with Crippen LogP contribution < -0.4 is 9.80 Å². The fourth-order valence-electron chi connectivity index (χ4n) is 12.0. The highest BCUT2D eigenvalue weighted by molar-refractivity contribution is 5.45. The number of halogens is 3. The van der Waals surface area contributed by atoms with Crippen molar-refractivity contribution in [3.05, 3.63) is 72.6 Å². The molecule has 5 saturated heterocycles. The number of likely N-dealkylation sites (tertiary alicyclic amines) is 3. The molecule has 0 unspecified atom stereocenters. The molecular weight excluding hydrogens is 832 g/mol. The van der Waals surface area contributed by atoms with Crippen molar-refractivity contribution in [3.63, 3.8) is 0 Å². The third-order valence-corrected chi connectivity index (χ3v) is 16.9. The first-order valence-electron chi connectivity index (χ1n) is 25.5. The largest absolute Gasteiger partial charge is 0.419 e. The van der Waals surface area contributed by atoms with E-state index in [4.69, 9.17) is 0 Å². The SMILES string of the molecule is CC(C)(C)N1CCC2(CCC(c3cccnc3)CC2)C1.CC(C)(C)N1CCC2(CCN(c3ncc(C(F)(F)F)cn3)CC2)C1.CC(C)(C)N1CCCC2(CCN(c3ccncc3)CC2)CC1. The second-order valence-electron chi connectivity index (χ2n) is 24.2. The molecule has 9 nitrogen and oxygen atoms in total. The van der Waals surface area contributed by atoms with Gasteiger partial charge in [0.05, 0.1) is 5.56 Å². The first kappa shape index (κ1) is 50.5. The fraction of sp³-hybridized carbons (Fsp3) is 0.741. The van der Waals surface area contributed by atoms with Gasteiger partial charge >= 0.3 is 6.18 Å². The molecule has 6 fully saturated rings. The Kier molecular flexibility index (Phi) is 15.6. The Morgan fingerprint density at radius 3 is 1.48 bits per heavy atom. The molecule has 8 heterocycles. The Balaban J connectivity index is 0.000000148. The van der Waals surface area contributed by atoms with E-state index >= 15 is 0 Å². The Morgan fingerprint density at radius 1 is 0.500 bits per heavy atom. The molecule has 3 spiro atoms. The van der Waals surface area contributed by atoms with Crippen molar-refractivity contribution in [2.24, 2.45) is 16.2 Å². The van der Waals surface area contributed by atoms with Crippen LogP contribution in [0, 0.1) is 16.2 Å². The van der Waals surface area contributed by atoms with E-state index in [9.17, 15) is 13.2 Å². The summed E-state index contributed by atoms with van der Waals surface area (Å²) in [5, 5.41) is 0. The van der Waals surface area contributed by atoms with Crippen LogP contribution in [0.25, 0.3) is 0 Å². The minimum absolute atomic E-state index is 0.192. The van der Waals surface area contributed by atoms with Crippen molar-refractivity contribution >= 4 is 11.6 Å². The Morgan fingerprint density at radius 2 is 0.985 bits per heavy atom. The summed E-state index contributed by atoms with van der Waals surface area (Å²) < 4.78 is 37.8. The number of aromatic nitrogens is 4. The molecule has 0 amide bonds. The summed E-state index contributed by atoms with van der Waals surface area (Å²) in [7, 11) is 0. The summed E-state index contributed by atoms with van der Waals surface area (Å²) in [5.41, 5.74) is 4.41. The van der Waals surface area contributed by atoms with E-state index in [0.29, 0.717) is 33.3 Å². The summed E-state index contributed by atoms with van der Waals surface area (Å²) in [6.07, 6.45) is 22.2. The fourth-order valence-corrected chi connectivity index (χ4v) is 12.0. The van der Waals surface area contributed by atoms with E-state index in [2.05, 4.69) is 132 Å². The van der Waals surface area contributed by atoms with Gasteiger partial charge in [0.25, 0.3) is 0 Å². The number of anilines is 2. The topological polar surface area (TPSA) is 67.8 Å². The molecule has 6 aliphatic rings. The number of nitrogens with zero attached hydrogens (tertiary/aromatic N) is 9. The van der Waals surface area contributed by atoms with Crippen LogP contribution in [-0.4, -0.2) is 117 Å². The zero-order chi connectivity index (χ0) is 47.4. The molecule has 1 saturated carbocycles. The molecule has 3 aromatic heterocycles. The number of pyridine rings is 2. The van der Waals surface area contributed by atoms with Gasteiger partial charge in [0, 0.05) is 98.8 Å². The smallest absolute Gasteiger partial charge is 0.371 e. The van der Waals surface area contributed by atoms with Crippen LogP contribution in [0.15, 0.2) is 61.4 Å². The van der Waals surface area contributed by atoms with Crippen LogP contribution in [0.4, 0.5) is 24.8 Å². The third-order valence-electron chi connectivity index (χ3n) is 16.9. The molecule has 366 valence electrons. The first-order chi connectivity index (χ1) is 31.1. The van der Waals surface area contributed by atoms with Gasteiger partial charge in [-0.05, 0) is 218 Å². The molecule has 0 N–H and O–H groups in total. The maximum Gasteiger partial charge on any atom is 0.419 e. The Bertz CT molecular complexity index is 1930. The van der Waals surface area contributed by atoms with E-state index < -0.39 is 11.7 Å². The molecule has 66 heavy (non-hydrogen) atoms. The zero-order valence-electron chi connectivity index (χ0n) is 42.3. The van der Waals surface area contributed by atoms with Gasteiger partial charge in [-0.3, -0.25) is 24.7 Å². The van der Waals surface area contributed by atoms with Crippen LogP contribution in [-0.2, 0) is 6.18 Å². The highest BCUT2D eigenvalue weighted by atomic mass is 19.4. The molecule has 0 aromatic carbocycles. The number of hydrogen-bond acceptors (Lipinski definition) is 9. The Hall–Kier alpha value is -3.35. The van der Waals surface area contributed by atoms with Gasteiger partial charge in [0.2, 0.25) is 5.95 Å². The lowest BCUT2D eigenvalue weighted by molar-refractivity contribution is -0.138. The maximum absolute atomic E-state index is 12.6. The standard InChI is InChI=1S/C19H31N3.C18H28N2.C17H25F3N4/c1-18(2,3)22-13-4-7-19(10-16-22)8-14-21(15-9-19)17-5-11-20-12-6-17;1-17(2,3)20-12-10-18(14-20)8-6-15(7-9-18)16-5-4-11-19-13-16;1-15(2,3)24-9-6-16(12-24)4-7-23(8-5-16)14-21-10-13(11-22-14)17(18,19)20/h5-6,11-12H,4,7-10,13-16H2,1-3H3;4-5,11,13,15H,6-10,12,14H2,1-3H3;10-11H,4-9,12H2,1-3H3. The number of hydrogen-bond donors (Lipinski definition) is 0. The average molecular weight is 916 g/mol. The van der Waals surface area contributed by atoms with Gasteiger partial charge in [-0.1, -0.05) is 6.07 Å². The summed E-state index contributed by atoms with van der Waals surface area (Å²) >= 11 is 0. The Labute approximate surface area is 396 Å². The predicted octanol–water partition coefficient (Wildman–Crippen LogP) is 11.8. The number of piperidine rings is 2. The van der Waals surface area contributed by atoms with Crippen molar-refractivity contribution in [2.45, 2.75) is 174 Å².